The van der Waals surface area contributed by atoms with Gasteiger partial charge in [0.25, 0.3) is 5.91 Å². The van der Waals surface area contributed by atoms with Gasteiger partial charge in [-0.3, -0.25) is 24.7 Å². The molecule has 35 heavy (non-hydrogen) atoms. The Morgan fingerprint density at radius 3 is 2.40 bits per heavy atom. The van der Waals surface area contributed by atoms with Gasteiger partial charge in [-0.25, -0.2) is 5.01 Å². The Labute approximate surface area is 219 Å². The molecule has 2 aromatic carbocycles. The Bertz CT molecular complexity index is 1280. The molecule has 1 fully saturated rings. The zero-order valence-corrected chi connectivity index (χ0v) is 21.3. The Morgan fingerprint density at radius 1 is 1.11 bits per heavy atom. The van der Waals surface area contributed by atoms with Crippen LogP contribution in [0.1, 0.15) is 17.0 Å². The second kappa shape index (κ2) is 10.5. The molecule has 1 unspecified atom stereocenters. The molecule has 9 nitrogen and oxygen atoms in total. The van der Waals surface area contributed by atoms with E-state index in [4.69, 9.17) is 33.0 Å². The van der Waals surface area contributed by atoms with E-state index in [1.807, 2.05) is 0 Å². The molecular formula is C23H18BrClN4O5S. The highest BCUT2D eigenvalue weighted by Gasteiger charge is 2.45. The third kappa shape index (κ3) is 5.47. The summed E-state index contributed by atoms with van der Waals surface area (Å²) in [5.74, 6) is -0.934. The molecule has 12 heteroatoms. The van der Waals surface area contributed by atoms with Gasteiger partial charge < -0.3 is 14.5 Å². The summed E-state index contributed by atoms with van der Waals surface area (Å²) in [6, 6.07) is 15.1. The number of nitrogens with zero attached hydrogens (tertiary/aromatic N) is 2. The average Bonchev–Trinajstić information content (AvgIpc) is 3.37. The number of hydrogen-bond donors (Lipinski definition) is 2. The van der Waals surface area contributed by atoms with E-state index in [0.29, 0.717) is 26.8 Å². The van der Waals surface area contributed by atoms with Crippen LogP contribution in [0.5, 0.6) is 5.75 Å². The maximum Gasteiger partial charge on any atom is 0.305 e. The van der Waals surface area contributed by atoms with Crippen LogP contribution in [0, 0.1) is 0 Å². The van der Waals surface area contributed by atoms with Crippen molar-refractivity contribution in [3.63, 3.8) is 0 Å². The van der Waals surface area contributed by atoms with Crippen molar-refractivity contribution in [1.82, 2.24) is 10.4 Å². The minimum Gasteiger partial charge on any atom is -0.497 e. The quantitative estimate of drug-likeness (QED) is 0.402. The molecule has 1 saturated heterocycles. The van der Waals surface area contributed by atoms with E-state index in [0.717, 1.165) is 0 Å². The van der Waals surface area contributed by atoms with Crippen LogP contribution in [0.3, 0.4) is 0 Å². The van der Waals surface area contributed by atoms with E-state index in [9.17, 15) is 14.4 Å². The lowest BCUT2D eigenvalue weighted by Gasteiger charge is -2.23. The SMILES string of the molecule is COc1ccc(NC(=O)CC2C(=O)N(c3ccc(Cl)cc3)C(=S)N2NC(=O)c2ccc(Br)o2)cc1. The third-order valence-corrected chi connectivity index (χ3v) is 6.13. The summed E-state index contributed by atoms with van der Waals surface area (Å²) >= 11 is 14.6. The number of methoxy groups -OCH3 is 1. The van der Waals surface area contributed by atoms with E-state index in [1.165, 1.54) is 16.0 Å². The monoisotopic (exact) mass is 576 g/mol. The third-order valence-electron chi connectivity index (χ3n) is 5.07. The summed E-state index contributed by atoms with van der Waals surface area (Å²) in [5.41, 5.74) is 3.56. The minimum atomic E-state index is -1.10. The first-order chi connectivity index (χ1) is 16.8. The fourth-order valence-corrected chi connectivity index (χ4v) is 4.19. The van der Waals surface area contributed by atoms with Crippen molar-refractivity contribution >= 4 is 74.0 Å². The van der Waals surface area contributed by atoms with Crippen molar-refractivity contribution in [3.05, 3.63) is 76.1 Å². The molecule has 180 valence electrons. The van der Waals surface area contributed by atoms with Gasteiger partial charge in [0.2, 0.25) is 11.0 Å². The van der Waals surface area contributed by atoms with Gasteiger partial charge in [0.15, 0.2) is 10.4 Å². The molecule has 3 aromatic rings. The number of rotatable bonds is 7. The maximum absolute atomic E-state index is 13.4. The number of halogens is 2. The van der Waals surface area contributed by atoms with Crippen molar-refractivity contribution in [2.24, 2.45) is 0 Å². The largest absolute Gasteiger partial charge is 0.497 e. The van der Waals surface area contributed by atoms with Crippen LogP contribution in [0.2, 0.25) is 5.02 Å². The molecule has 2 N–H and O–H groups in total. The highest BCUT2D eigenvalue weighted by molar-refractivity contribution is 9.10. The lowest BCUT2D eigenvalue weighted by atomic mass is 10.1. The lowest BCUT2D eigenvalue weighted by molar-refractivity contribution is -0.124. The first-order valence-electron chi connectivity index (χ1n) is 10.2. The number of amides is 3. The standard InChI is InChI=1S/C23H18BrClN4O5S/c1-33-16-8-4-14(5-9-16)26-20(30)12-17-22(32)28(15-6-2-13(25)3-7-15)23(35)29(17)27-21(31)18-10-11-19(24)34-18/h2-11,17H,12H2,1H3,(H,26,30)(H,27,31). The van der Waals surface area contributed by atoms with Crippen molar-refractivity contribution in [2.75, 3.05) is 17.3 Å². The molecule has 3 amide bonds. The number of furan rings is 1. The molecule has 0 saturated carbocycles. The van der Waals surface area contributed by atoms with Gasteiger partial charge in [0.1, 0.15) is 11.8 Å². The second-order valence-corrected chi connectivity index (χ2v) is 8.93. The Kier molecular flexibility index (Phi) is 7.39. The summed E-state index contributed by atoms with van der Waals surface area (Å²) in [6.45, 7) is 0. The molecule has 0 spiro atoms. The topological polar surface area (TPSA) is 104 Å². The first-order valence-corrected chi connectivity index (χ1v) is 11.8. The minimum absolute atomic E-state index is 0.00135. The summed E-state index contributed by atoms with van der Waals surface area (Å²) in [5, 5.41) is 4.41. The van der Waals surface area contributed by atoms with Gasteiger partial charge in [-0.1, -0.05) is 11.6 Å². The second-order valence-electron chi connectivity index (χ2n) is 7.34. The number of hydrazine groups is 1. The summed E-state index contributed by atoms with van der Waals surface area (Å²) in [6.07, 6.45) is -0.281. The van der Waals surface area contributed by atoms with Crippen LogP contribution in [-0.2, 0) is 9.59 Å². The zero-order chi connectivity index (χ0) is 25.1. The molecule has 1 aromatic heterocycles. The highest BCUT2D eigenvalue weighted by Crippen LogP contribution is 2.28. The molecule has 1 aliphatic heterocycles. The number of thiocarbonyl (C=S) groups is 1. The van der Waals surface area contributed by atoms with Gasteiger partial charge in [0, 0.05) is 10.7 Å². The Hall–Kier alpha value is -3.41. The van der Waals surface area contributed by atoms with E-state index in [-0.39, 0.29) is 17.3 Å². The van der Waals surface area contributed by atoms with Gasteiger partial charge >= 0.3 is 5.91 Å². The number of anilines is 2. The molecular weight excluding hydrogens is 560 g/mol. The van der Waals surface area contributed by atoms with Crippen molar-refractivity contribution in [2.45, 2.75) is 12.5 Å². The van der Waals surface area contributed by atoms with Gasteiger partial charge in [-0.2, -0.15) is 0 Å². The Balaban J connectivity index is 1.57. The van der Waals surface area contributed by atoms with E-state index < -0.39 is 23.8 Å². The number of benzene rings is 2. The van der Waals surface area contributed by atoms with E-state index in [1.54, 1.807) is 61.7 Å². The number of carbonyl (C=O) groups excluding carboxylic acids is 3. The molecule has 2 heterocycles. The normalized spacial score (nSPS) is 15.3. The fraction of sp³-hybridized carbons (Fsp3) is 0.130. The van der Waals surface area contributed by atoms with Crippen LogP contribution >= 0.6 is 39.7 Å². The number of carbonyl (C=O) groups is 3. The Morgan fingerprint density at radius 2 is 1.80 bits per heavy atom. The molecule has 0 aliphatic carbocycles. The zero-order valence-electron chi connectivity index (χ0n) is 18.2. The number of nitrogens with one attached hydrogen (secondary N) is 2. The van der Waals surface area contributed by atoms with E-state index >= 15 is 0 Å². The summed E-state index contributed by atoms with van der Waals surface area (Å²) < 4.78 is 10.8. The molecule has 0 bridgehead atoms. The number of ether oxygens (including phenoxy) is 1. The maximum atomic E-state index is 13.4. The van der Waals surface area contributed by atoms with Crippen LogP contribution in [0.15, 0.2) is 69.8 Å². The lowest BCUT2D eigenvalue weighted by Crippen LogP contribution is -2.49. The van der Waals surface area contributed by atoms with E-state index in [2.05, 4.69) is 26.7 Å². The predicted octanol–water partition coefficient (Wildman–Crippen LogP) is 4.38. The predicted molar refractivity (Wildman–Crippen MR) is 137 cm³/mol. The number of hydrogen-bond acceptors (Lipinski definition) is 6. The van der Waals surface area contributed by atoms with Crippen molar-refractivity contribution < 1.29 is 23.5 Å². The molecule has 0 radical (unpaired) electrons. The van der Waals surface area contributed by atoms with Gasteiger partial charge in [-0.15, -0.1) is 0 Å². The van der Waals surface area contributed by atoms with Crippen LogP contribution < -0.4 is 20.4 Å². The smallest absolute Gasteiger partial charge is 0.305 e. The van der Waals surface area contributed by atoms with Gasteiger partial charge in [0.05, 0.1) is 19.2 Å². The van der Waals surface area contributed by atoms with Crippen LogP contribution in [0.4, 0.5) is 11.4 Å². The summed E-state index contributed by atoms with van der Waals surface area (Å²) in [7, 11) is 1.54. The molecule has 4 rings (SSSR count). The fourth-order valence-electron chi connectivity index (χ4n) is 3.39. The first kappa shape index (κ1) is 24.7. The molecule has 1 aliphatic rings. The highest BCUT2D eigenvalue weighted by atomic mass is 79.9. The van der Waals surface area contributed by atoms with Gasteiger partial charge in [-0.05, 0) is 88.8 Å². The summed E-state index contributed by atoms with van der Waals surface area (Å²) in [4.78, 5) is 40.2. The van der Waals surface area contributed by atoms with Crippen molar-refractivity contribution in [1.29, 1.82) is 0 Å². The molecule has 1 atom stereocenters. The average molecular weight is 578 g/mol. The van der Waals surface area contributed by atoms with Crippen molar-refractivity contribution in [3.8, 4) is 5.75 Å². The van der Waals surface area contributed by atoms with Crippen LogP contribution in [0.25, 0.3) is 0 Å². The van der Waals surface area contributed by atoms with Crippen LogP contribution in [-0.4, -0.2) is 41.0 Å².